The van der Waals surface area contributed by atoms with E-state index in [0.717, 1.165) is 12.8 Å². The maximum absolute atomic E-state index is 13.3. The van der Waals surface area contributed by atoms with Crippen LogP contribution in [-0.4, -0.2) is 53.9 Å². The van der Waals surface area contributed by atoms with Crippen LogP contribution in [0.3, 0.4) is 0 Å². The molecule has 0 aliphatic carbocycles. The van der Waals surface area contributed by atoms with E-state index >= 15 is 0 Å². The molecule has 0 saturated carbocycles. The molecule has 1 N–H and O–H groups in total. The molecule has 24 heavy (non-hydrogen) atoms. The first-order chi connectivity index (χ1) is 11.4. The second-order valence-corrected chi connectivity index (χ2v) is 7.34. The lowest BCUT2D eigenvalue weighted by Crippen LogP contribution is -2.63. The third kappa shape index (κ3) is 1.99. The number of hydrogen-bond donors (Lipinski definition) is 1. The molecule has 2 fully saturated rings. The van der Waals surface area contributed by atoms with Crippen molar-refractivity contribution in [1.82, 2.24) is 4.90 Å². The lowest BCUT2D eigenvalue weighted by Gasteiger charge is -2.47. The topological polar surface area (TPSA) is 68.2 Å². The average Bonchev–Trinajstić information content (AvgIpc) is 2.96. The zero-order valence-corrected chi connectivity index (χ0v) is 14.2. The van der Waals surface area contributed by atoms with Crippen molar-refractivity contribution in [2.24, 2.45) is 0 Å². The largest absolute Gasteiger partial charge is 0.497 e. The maximum Gasteiger partial charge on any atom is 0.262 e. The Morgan fingerprint density at radius 3 is 2.92 bits per heavy atom. The maximum atomic E-state index is 13.3. The van der Waals surface area contributed by atoms with Gasteiger partial charge in [0.05, 0.1) is 19.8 Å². The van der Waals surface area contributed by atoms with Gasteiger partial charge in [-0.25, -0.2) is 0 Å². The molecule has 3 aliphatic heterocycles. The van der Waals surface area contributed by atoms with E-state index in [2.05, 4.69) is 0 Å². The first-order valence-corrected chi connectivity index (χ1v) is 8.40. The highest BCUT2D eigenvalue weighted by Gasteiger charge is 2.62. The zero-order valence-electron chi connectivity index (χ0n) is 14.2. The smallest absolute Gasteiger partial charge is 0.262 e. The highest BCUT2D eigenvalue weighted by molar-refractivity contribution is 5.89. The van der Waals surface area contributed by atoms with Crippen molar-refractivity contribution in [3.05, 3.63) is 23.8 Å². The van der Waals surface area contributed by atoms with Crippen molar-refractivity contribution < 1.29 is 24.1 Å². The van der Waals surface area contributed by atoms with Gasteiger partial charge in [-0.1, -0.05) is 0 Å². The van der Waals surface area contributed by atoms with Crippen molar-refractivity contribution in [3.63, 3.8) is 0 Å². The molecule has 6 heteroatoms. The third-order valence-corrected chi connectivity index (χ3v) is 5.40. The van der Waals surface area contributed by atoms with E-state index in [1.807, 2.05) is 13.8 Å². The van der Waals surface area contributed by atoms with Crippen LogP contribution in [0, 0.1) is 0 Å². The van der Waals surface area contributed by atoms with E-state index in [0.29, 0.717) is 30.2 Å². The van der Waals surface area contributed by atoms with Gasteiger partial charge in [-0.2, -0.15) is 0 Å². The molecule has 0 spiro atoms. The molecule has 0 aromatic heterocycles. The number of hydrogen-bond acceptors (Lipinski definition) is 5. The minimum Gasteiger partial charge on any atom is -0.497 e. The van der Waals surface area contributed by atoms with Crippen molar-refractivity contribution in [2.75, 3.05) is 20.3 Å². The van der Waals surface area contributed by atoms with Crippen LogP contribution < -0.4 is 9.47 Å². The van der Waals surface area contributed by atoms with Crippen LogP contribution in [0.2, 0.25) is 0 Å². The summed E-state index contributed by atoms with van der Waals surface area (Å²) in [5.74, 6) is 0.802. The summed E-state index contributed by atoms with van der Waals surface area (Å²) in [4.78, 5) is 15.1. The number of carbonyl (C=O) groups excluding carboxylic acids is 1. The Labute approximate surface area is 141 Å². The SMILES string of the molecule is COc1ccc2c(c1)OC(C)(C)C1OC[C@@H]3CCCN3C(=O)C21O. The van der Waals surface area contributed by atoms with Crippen molar-refractivity contribution in [3.8, 4) is 11.5 Å². The monoisotopic (exact) mass is 333 g/mol. The van der Waals surface area contributed by atoms with Crippen molar-refractivity contribution in [2.45, 2.75) is 50.0 Å². The molecule has 1 amide bonds. The van der Waals surface area contributed by atoms with Gasteiger partial charge >= 0.3 is 0 Å². The van der Waals surface area contributed by atoms with Crippen LogP contribution in [-0.2, 0) is 15.1 Å². The number of amides is 1. The van der Waals surface area contributed by atoms with E-state index in [9.17, 15) is 9.90 Å². The summed E-state index contributed by atoms with van der Waals surface area (Å²) < 4.78 is 17.4. The number of nitrogens with zero attached hydrogens (tertiary/aromatic N) is 1. The Balaban J connectivity index is 1.89. The van der Waals surface area contributed by atoms with E-state index in [4.69, 9.17) is 14.2 Å². The Hall–Kier alpha value is -1.79. The summed E-state index contributed by atoms with van der Waals surface area (Å²) in [5, 5.41) is 11.6. The van der Waals surface area contributed by atoms with Gasteiger partial charge in [0.25, 0.3) is 5.91 Å². The van der Waals surface area contributed by atoms with Crippen LogP contribution in [0.4, 0.5) is 0 Å². The van der Waals surface area contributed by atoms with Crippen LogP contribution in [0.1, 0.15) is 32.3 Å². The van der Waals surface area contributed by atoms with Gasteiger partial charge in [0.2, 0.25) is 5.60 Å². The predicted molar refractivity (Wildman–Crippen MR) is 86.1 cm³/mol. The fourth-order valence-electron chi connectivity index (χ4n) is 4.26. The fourth-order valence-corrected chi connectivity index (χ4v) is 4.26. The Kier molecular flexibility index (Phi) is 3.34. The van der Waals surface area contributed by atoms with Gasteiger partial charge in [-0.15, -0.1) is 0 Å². The Bertz CT molecular complexity index is 688. The lowest BCUT2D eigenvalue weighted by atomic mass is 9.76. The van der Waals surface area contributed by atoms with Gasteiger partial charge in [0.1, 0.15) is 23.2 Å². The molecule has 1 aromatic carbocycles. The van der Waals surface area contributed by atoms with Crippen molar-refractivity contribution >= 4 is 5.91 Å². The Morgan fingerprint density at radius 2 is 2.17 bits per heavy atom. The normalized spacial score (nSPS) is 33.8. The fraction of sp³-hybridized carbons (Fsp3) is 0.611. The molecule has 3 atom stereocenters. The molecule has 0 radical (unpaired) electrons. The molecule has 4 rings (SSSR count). The minimum atomic E-state index is -1.75. The van der Waals surface area contributed by atoms with E-state index in [1.165, 1.54) is 0 Å². The number of rotatable bonds is 1. The van der Waals surface area contributed by atoms with E-state index in [1.54, 1.807) is 30.2 Å². The number of methoxy groups -OCH3 is 1. The lowest BCUT2D eigenvalue weighted by molar-refractivity contribution is -0.197. The molecule has 2 saturated heterocycles. The van der Waals surface area contributed by atoms with Crippen LogP contribution in [0.5, 0.6) is 11.5 Å². The number of carbonyl (C=O) groups is 1. The second kappa shape index (κ2) is 5.10. The molecule has 130 valence electrons. The molecular formula is C18H23NO5. The van der Waals surface area contributed by atoms with Gasteiger partial charge < -0.3 is 24.2 Å². The number of benzene rings is 1. The second-order valence-electron chi connectivity index (χ2n) is 7.34. The minimum absolute atomic E-state index is 0.0321. The van der Waals surface area contributed by atoms with Gasteiger partial charge in [0.15, 0.2) is 0 Å². The molecule has 0 bridgehead atoms. The van der Waals surface area contributed by atoms with Crippen molar-refractivity contribution in [1.29, 1.82) is 0 Å². The average molecular weight is 333 g/mol. The summed E-state index contributed by atoms with van der Waals surface area (Å²) in [6.07, 6.45) is 1.09. The first kappa shape index (κ1) is 15.7. The van der Waals surface area contributed by atoms with Gasteiger partial charge in [-0.05, 0) is 38.8 Å². The highest BCUT2D eigenvalue weighted by atomic mass is 16.6. The summed E-state index contributed by atoms with van der Waals surface area (Å²) in [7, 11) is 1.57. The summed E-state index contributed by atoms with van der Waals surface area (Å²) in [6.45, 7) is 4.77. The number of ether oxygens (including phenoxy) is 3. The molecule has 6 nitrogen and oxygen atoms in total. The van der Waals surface area contributed by atoms with Crippen LogP contribution in [0.15, 0.2) is 18.2 Å². The van der Waals surface area contributed by atoms with Gasteiger partial charge in [0, 0.05) is 18.2 Å². The number of aliphatic hydroxyl groups is 1. The quantitative estimate of drug-likeness (QED) is 0.842. The van der Waals surface area contributed by atoms with Gasteiger partial charge in [-0.3, -0.25) is 4.79 Å². The van der Waals surface area contributed by atoms with E-state index in [-0.39, 0.29) is 11.9 Å². The summed E-state index contributed by atoms with van der Waals surface area (Å²) in [5.41, 5.74) is -2.14. The zero-order chi connectivity index (χ0) is 17.1. The van der Waals surface area contributed by atoms with Crippen LogP contribution >= 0.6 is 0 Å². The third-order valence-electron chi connectivity index (χ3n) is 5.40. The summed E-state index contributed by atoms with van der Waals surface area (Å²) >= 11 is 0. The summed E-state index contributed by atoms with van der Waals surface area (Å²) in [6, 6.07) is 5.18. The van der Waals surface area contributed by atoms with Crippen LogP contribution in [0.25, 0.3) is 0 Å². The molecular weight excluding hydrogens is 310 g/mol. The molecule has 3 aliphatic rings. The standard InChI is InChI=1S/C18H23NO5/c1-17(2)15-18(21,13-7-6-12(22-3)9-14(13)24-17)16(20)19-8-4-5-11(19)10-23-15/h6-7,9,11,15,21H,4-5,8,10H2,1-3H3/t11-,15?,18?/m0/s1. The first-order valence-electron chi connectivity index (χ1n) is 8.40. The number of fused-ring (bicyclic) bond motifs is 4. The molecule has 3 heterocycles. The molecule has 2 unspecified atom stereocenters. The predicted octanol–water partition coefficient (Wildman–Crippen LogP) is 1.44. The Morgan fingerprint density at radius 1 is 1.38 bits per heavy atom. The van der Waals surface area contributed by atoms with E-state index < -0.39 is 17.3 Å². The highest BCUT2D eigenvalue weighted by Crippen LogP contribution is 2.49. The molecule has 1 aromatic rings.